The van der Waals surface area contributed by atoms with Gasteiger partial charge < -0.3 is 20.0 Å². The second kappa shape index (κ2) is 9.99. The van der Waals surface area contributed by atoms with Crippen molar-refractivity contribution in [2.45, 2.75) is 34.2 Å². The lowest BCUT2D eigenvalue weighted by Crippen LogP contribution is -2.53. The van der Waals surface area contributed by atoms with Gasteiger partial charge in [-0.05, 0) is 32.4 Å². The summed E-state index contributed by atoms with van der Waals surface area (Å²) in [5.41, 5.74) is 1.10. The van der Waals surface area contributed by atoms with E-state index >= 15 is 0 Å². The molecule has 0 spiro atoms. The molecule has 2 heterocycles. The van der Waals surface area contributed by atoms with Crippen LogP contribution in [0.2, 0.25) is 0 Å². The fraction of sp³-hybridized carbons (Fsp3) is 0.632. The van der Waals surface area contributed by atoms with Crippen LogP contribution in [0.4, 0.5) is 5.82 Å². The van der Waals surface area contributed by atoms with Crippen molar-refractivity contribution in [2.24, 2.45) is 4.99 Å². The van der Waals surface area contributed by atoms with E-state index in [1.807, 2.05) is 11.1 Å². The van der Waals surface area contributed by atoms with E-state index in [1.54, 1.807) is 6.92 Å². The quantitative estimate of drug-likeness (QED) is 0.616. The van der Waals surface area contributed by atoms with Crippen LogP contribution in [0, 0.1) is 0 Å². The number of guanidine groups is 1. The third-order valence-corrected chi connectivity index (χ3v) is 4.67. The number of nitrogens with zero attached hydrogens (tertiary/aromatic N) is 5. The van der Waals surface area contributed by atoms with Crippen LogP contribution in [0.25, 0.3) is 0 Å². The van der Waals surface area contributed by atoms with Crippen molar-refractivity contribution in [3.8, 4) is 0 Å². The molecule has 0 saturated carbocycles. The first-order valence-electron chi connectivity index (χ1n) is 9.57. The fourth-order valence-corrected chi connectivity index (χ4v) is 3.07. The van der Waals surface area contributed by atoms with Gasteiger partial charge in [-0.15, -0.1) is 0 Å². The Bertz CT molecular complexity index is 589. The van der Waals surface area contributed by atoms with E-state index in [1.165, 1.54) is 0 Å². The van der Waals surface area contributed by atoms with Crippen molar-refractivity contribution in [1.82, 2.24) is 20.1 Å². The third kappa shape index (κ3) is 5.34. The summed E-state index contributed by atoms with van der Waals surface area (Å²) in [5, 5.41) is 3.36. The second-order valence-electron chi connectivity index (χ2n) is 6.36. The van der Waals surface area contributed by atoms with Crippen LogP contribution in [0.15, 0.2) is 23.3 Å². The van der Waals surface area contributed by atoms with Gasteiger partial charge in [0.05, 0.1) is 6.54 Å². The molecule has 1 aromatic heterocycles. The standard InChI is InChI=1S/C19H32N6O/c1-5-20-19(25-12-10-24(11-13-25)16(4)26)22-15-17-8-9-18(21-14-17)23(6-2)7-3/h8-9,14H,5-7,10-13,15H2,1-4H3,(H,20,22). The van der Waals surface area contributed by atoms with Gasteiger partial charge in [0.25, 0.3) is 0 Å². The van der Waals surface area contributed by atoms with Crippen LogP contribution in [0.3, 0.4) is 0 Å². The molecule has 0 radical (unpaired) electrons. The Hall–Kier alpha value is -2.31. The first-order valence-corrected chi connectivity index (χ1v) is 9.57. The monoisotopic (exact) mass is 360 g/mol. The number of hydrogen-bond donors (Lipinski definition) is 1. The van der Waals surface area contributed by atoms with Crippen molar-refractivity contribution >= 4 is 17.7 Å². The van der Waals surface area contributed by atoms with Gasteiger partial charge in [0.15, 0.2) is 5.96 Å². The Labute approximate surface area is 157 Å². The van der Waals surface area contributed by atoms with Gasteiger partial charge in [-0.25, -0.2) is 9.98 Å². The molecule has 144 valence electrons. The lowest BCUT2D eigenvalue weighted by atomic mass is 10.2. The average Bonchev–Trinajstić information content (AvgIpc) is 2.67. The van der Waals surface area contributed by atoms with Crippen LogP contribution >= 0.6 is 0 Å². The molecule has 1 N–H and O–H groups in total. The van der Waals surface area contributed by atoms with E-state index in [-0.39, 0.29) is 5.91 Å². The number of anilines is 1. The molecule has 1 aliphatic heterocycles. The summed E-state index contributed by atoms with van der Waals surface area (Å²) in [6.45, 7) is 14.4. The molecule has 0 aromatic carbocycles. The normalized spacial score (nSPS) is 15.2. The maximum atomic E-state index is 11.5. The number of amides is 1. The van der Waals surface area contributed by atoms with Gasteiger partial charge in [0.1, 0.15) is 5.82 Å². The van der Waals surface area contributed by atoms with Crippen molar-refractivity contribution in [2.75, 3.05) is 50.7 Å². The minimum Gasteiger partial charge on any atom is -0.357 e. The van der Waals surface area contributed by atoms with Crippen molar-refractivity contribution < 1.29 is 4.79 Å². The molecule has 7 heteroatoms. The largest absolute Gasteiger partial charge is 0.357 e. The summed E-state index contributed by atoms with van der Waals surface area (Å²) in [5.74, 6) is 2.06. The average molecular weight is 361 g/mol. The maximum Gasteiger partial charge on any atom is 0.219 e. The highest BCUT2D eigenvalue weighted by atomic mass is 16.2. The summed E-state index contributed by atoms with van der Waals surface area (Å²) >= 11 is 0. The molecule has 2 rings (SSSR count). The maximum absolute atomic E-state index is 11.5. The molecule has 1 aliphatic rings. The number of aromatic nitrogens is 1. The number of carbonyl (C=O) groups is 1. The topological polar surface area (TPSA) is 64.1 Å². The zero-order chi connectivity index (χ0) is 18.9. The number of piperazine rings is 1. The van der Waals surface area contributed by atoms with Crippen LogP contribution in [0.5, 0.6) is 0 Å². The van der Waals surface area contributed by atoms with Gasteiger partial charge >= 0.3 is 0 Å². The number of rotatable bonds is 6. The highest BCUT2D eigenvalue weighted by Crippen LogP contribution is 2.12. The molecule has 0 unspecified atom stereocenters. The van der Waals surface area contributed by atoms with Crippen LogP contribution in [0.1, 0.15) is 33.3 Å². The molecule has 0 atom stereocenters. The summed E-state index contributed by atoms with van der Waals surface area (Å²) in [7, 11) is 0. The van der Waals surface area contributed by atoms with Crippen LogP contribution in [-0.4, -0.2) is 72.5 Å². The number of nitrogens with one attached hydrogen (secondary N) is 1. The number of hydrogen-bond acceptors (Lipinski definition) is 4. The van der Waals surface area contributed by atoms with Gasteiger partial charge in [-0.2, -0.15) is 0 Å². The Balaban J connectivity index is 1.99. The Morgan fingerprint density at radius 3 is 2.31 bits per heavy atom. The molecule has 1 fully saturated rings. The van der Waals surface area contributed by atoms with E-state index in [9.17, 15) is 4.79 Å². The fourth-order valence-electron chi connectivity index (χ4n) is 3.07. The first kappa shape index (κ1) is 20.0. The minimum absolute atomic E-state index is 0.144. The SMILES string of the molecule is CCNC(=NCc1ccc(N(CC)CC)nc1)N1CCN(C(C)=O)CC1. The molecule has 0 bridgehead atoms. The van der Waals surface area contributed by atoms with Gasteiger partial charge in [0.2, 0.25) is 5.91 Å². The molecule has 26 heavy (non-hydrogen) atoms. The van der Waals surface area contributed by atoms with E-state index < -0.39 is 0 Å². The number of aliphatic imine (C=N–C) groups is 1. The van der Waals surface area contributed by atoms with Crippen molar-refractivity contribution in [3.05, 3.63) is 23.9 Å². The first-order chi connectivity index (χ1) is 12.6. The van der Waals surface area contributed by atoms with Crippen LogP contribution < -0.4 is 10.2 Å². The Morgan fingerprint density at radius 2 is 1.81 bits per heavy atom. The van der Waals surface area contributed by atoms with Gasteiger partial charge in [-0.3, -0.25) is 4.79 Å². The van der Waals surface area contributed by atoms with E-state index in [0.717, 1.165) is 63.2 Å². The Kier molecular flexibility index (Phi) is 7.69. The summed E-state index contributed by atoms with van der Waals surface area (Å²) in [6, 6.07) is 4.16. The van der Waals surface area contributed by atoms with Crippen molar-refractivity contribution in [3.63, 3.8) is 0 Å². The summed E-state index contributed by atoms with van der Waals surface area (Å²) in [4.78, 5) is 27.1. The van der Waals surface area contributed by atoms with E-state index in [4.69, 9.17) is 4.99 Å². The molecule has 1 aromatic rings. The highest BCUT2D eigenvalue weighted by molar-refractivity contribution is 5.80. The lowest BCUT2D eigenvalue weighted by molar-refractivity contribution is -0.130. The third-order valence-electron chi connectivity index (χ3n) is 4.67. The number of pyridine rings is 1. The summed E-state index contributed by atoms with van der Waals surface area (Å²) < 4.78 is 0. The molecule has 1 amide bonds. The molecule has 1 saturated heterocycles. The number of carbonyl (C=O) groups excluding carboxylic acids is 1. The molecule has 7 nitrogen and oxygen atoms in total. The zero-order valence-corrected chi connectivity index (χ0v) is 16.5. The summed E-state index contributed by atoms with van der Waals surface area (Å²) in [6.07, 6.45) is 1.91. The Morgan fingerprint density at radius 1 is 1.15 bits per heavy atom. The van der Waals surface area contributed by atoms with E-state index in [2.05, 4.69) is 53.0 Å². The smallest absolute Gasteiger partial charge is 0.219 e. The van der Waals surface area contributed by atoms with Crippen LogP contribution in [-0.2, 0) is 11.3 Å². The van der Waals surface area contributed by atoms with Gasteiger partial charge in [0, 0.05) is 58.9 Å². The minimum atomic E-state index is 0.144. The van der Waals surface area contributed by atoms with Crippen molar-refractivity contribution in [1.29, 1.82) is 0 Å². The lowest BCUT2D eigenvalue weighted by Gasteiger charge is -2.36. The highest BCUT2D eigenvalue weighted by Gasteiger charge is 2.20. The van der Waals surface area contributed by atoms with Gasteiger partial charge in [-0.1, -0.05) is 6.07 Å². The molecular weight excluding hydrogens is 328 g/mol. The predicted octanol–water partition coefficient (Wildman–Crippen LogP) is 1.56. The second-order valence-corrected chi connectivity index (χ2v) is 6.36. The molecular formula is C19H32N6O. The van der Waals surface area contributed by atoms with E-state index in [0.29, 0.717) is 6.54 Å². The zero-order valence-electron chi connectivity index (χ0n) is 16.5. The molecule has 0 aliphatic carbocycles. The predicted molar refractivity (Wildman–Crippen MR) is 106 cm³/mol.